The lowest BCUT2D eigenvalue weighted by Crippen LogP contribution is -2.52. The van der Waals surface area contributed by atoms with Gasteiger partial charge >= 0.3 is 20.5 Å². The van der Waals surface area contributed by atoms with Gasteiger partial charge in [-0.25, -0.2) is 0 Å². The molecule has 1 fully saturated rings. The van der Waals surface area contributed by atoms with E-state index in [9.17, 15) is 9.59 Å². The molecule has 1 saturated heterocycles. The zero-order valence-corrected chi connectivity index (χ0v) is 11.2. The quantitative estimate of drug-likeness (QED) is 0.416. The van der Waals surface area contributed by atoms with Gasteiger partial charge in [-0.3, -0.25) is 9.59 Å². The summed E-state index contributed by atoms with van der Waals surface area (Å²) in [6.45, 7) is 3.75. The largest absolute Gasteiger partial charge is 0.397 e. The molecule has 5 nitrogen and oxygen atoms in total. The minimum Gasteiger partial charge on any atom is -0.397 e. The predicted molar refractivity (Wildman–Crippen MR) is 59.0 cm³/mol. The summed E-state index contributed by atoms with van der Waals surface area (Å²) in [7, 11) is 0.298. The fourth-order valence-electron chi connectivity index (χ4n) is 2.22. The topological polar surface area (TPSA) is 61.8 Å². The Bertz CT molecular complexity index is 300. The van der Waals surface area contributed by atoms with Crippen LogP contribution < -0.4 is 0 Å². The molecule has 0 aromatic rings. The third-order valence-corrected chi connectivity index (χ3v) is 7.30. The summed E-state index contributed by atoms with van der Waals surface area (Å²) in [6.07, 6.45) is 1.41. The molecule has 1 aliphatic heterocycles. The molecular weight excluding hydrogens is 228 g/mol. The van der Waals surface area contributed by atoms with E-state index in [4.69, 9.17) is 8.85 Å². The van der Waals surface area contributed by atoms with Crippen LogP contribution in [0.4, 0.5) is 0 Å². The molecule has 1 atom stereocenters. The van der Waals surface area contributed by atoms with Gasteiger partial charge in [-0.1, -0.05) is 13.3 Å². The summed E-state index contributed by atoms with van der Waals surface area (Å²) >= 11 is 0. The summed E-state index contributed by atoms with van der Waals surface area (Å²) in [5.74, 6) is -0.969. The average Bonchev–Trinajstić information content (AvgIpc) is 2.54. The maximum atomic E-state index is 11.9. The number of ether oxygens (including phenoxy) is 1. The van der Waals surface area contributed by atoms with E-state index in [-0.39, 0.29) is 6.42 Å². The van der Waals surface area contributed by atoms with E-state index in [2.05, 4.69) is 4.74 Å². The van der Waals surface area contributed by atoms with Crippen molar-refractivity contribution in [2.24, 2.45) is 0 Å². The van der Waals surface area contributed by atoms with Crippen molar-refractivity contribution in [1.82, 2.24) is 0 Å². The number of carbonyl (C=O) groups is 2. The van der Waals surface area contributed by atoms with Crippen molar-refractivity contribution in [3.63, 3.8) is 0 Å². The van der Waals surface area contributed by atoms with Crippen LogP contribution in [0.15, 0.2) is 0 Å². The van der Waals surface area contributed by atoms with Gasteiger partial charge in [0.15, 0.2) is 0 Å². The Hall–Kier alpha value is -0.723. The Morgan fingerprint density at radius 3 is 2.25 bits per heavy atom. The number of carbonyl (C=O) groups excluding carboxylic acids is 2. The second-order valence-corrected chi connectivity index (χ2v) is 7.79. The monoisotopic (exact) mass is 246 g/mol. The molecule has 0 aromatic carbocycles. The number of rotatable bonds is 5. The summed E-state index contributed by atoms with van der Waals surface area (Å²) in [4.78, 5) is 23.2. The molecule has 0 aromatic heterocycles. The average molecular weight is 246 g/mol. The molecule has 6 heteroatoms. The van der Waals surface area contributed by atoms with Gasteiger partial charge in [0.2, 0.25) is 0 Å². The van der Waals surface area contributed by atoms with Crippen molar-refractivity contribution in [3.8, 4) is 0 Å². The summed E-state index contributed by atoms with van der Waals surface area (Å²) < 4.78 is 15.5. The molecule has 0 N–H and O–H groups in total. The number of hydrogen-bond acceptors (Lipinski definition) is 5. The van der Waals surface area contributed by atoms with E-state index in [0.717, 1.165) is 6.42 Å². The summed E-state index contributed by atoms with van der Waals surface area (Å²) in [6, 6.07) is 0. The van der Waals surface area contributed by atoms with Crippen LogP contribution in [0, 0.1) is 0 Å². The smallest absolute Gasteiger partial charge is 0.352 e. The van der Waals surface area contributed by atoms with Gasteiger partial charge < -0.3 is 13.6 Å². The zero-order valence-electron chi connectivity index (χ0n) is 10.2. The van der Waals surface area contributed by atoms with Crippen LogP contribution in [0.2, 0.25) is 11.6 Å². The first-order chi connectivity index (χ1) is 7.45. The van der Waals surface area contributed by atoms with E-state index in [1.807, 2.05) is 6.92 Å². The lowest BCUT2D eigenvalue weighted by molar-refractivity contribution is -0.153. The molecule has 16 heavy (non-hydrogen) atoms. The molecule has 1 rings (SSSR count). The van der Waals surface area contributed by atoms with Crippen molar-refractivity contribution in [2.75, 3.05) is 14.2 Å². The van der Waals surface area contributed by atoms with Gasteiger partial charge in [0.1, 0.15) is 5.04 Å². The zero-order chi connectivity index (χ0) is 12.4. The molecule has 1 heterocycles. The van der Waals surface area contributed by atoms with Crippen molar-refractivity contribution in [3.05, 3.63) is 0 Å². The number of esters is 2. The molecule has 0 aliphatic carbocycles. The molecule has 0 amide bonds. The van der Waals surface area contributed by atoms with Crippen LogP contribution >= 0.6 is 0 Å². The molecule has 0 spiro atoms. The van der Waals surface area contributed by atoms with Crippen molar-refractivity contribution in [2.45, 2.75) is 37.8 Å². The third kappa shape index (κ3) is 1.81. The van der Waals surface area contributed by atoms with Crippen molar-refractivity contribution < 1.29 is 23.2 Å². The third-order valence-electron chi connectivity index (χ3n) is 3.37. The van der Waals surface area contributed by atoms with Gasteiger partial charge in [0.25, 0.3) is 0 Å². The molecule has 92 valence electrons. The van der Waals surface area contributed by atoms with E-state index in [0.29, 0.717) is 6.42 Å². The van der Waals surface area contributed by atoms with Crippen molar-refractivity contribution in [1.29, 1.82) is 0 Å². The Morgan fingerprint density at radius 2 is 1.94 bits per heavy atom. The van der Waals surface area contributed by atoms with Gasteiger partial charge in [-0.05, 0) is 13.0 Å². The van der Waals surface area contributed by atoms with Gasteiger partial charge in [0.05, 0.1) is 6.42 Å². The second kappa shape index (κ2) is 4.64. The molecule has 0 saturated carbocycles. The minimum absolute atomic E-state index is 0.0735. The van der Waals surface area contributed by atoms with E-state index < -0.39 is 25.5 Å². The maximum absolute atomic E-state index is 11.9. The van der Waals surface area contributed by atoms with E-state index in [1.54, 1.807) is 6.55 Å². The maximum Gasteiger partial charge on any atom is 0.352 e. The standard InChI is InChI=1S/C10H18O5Si/c1-5-6-10(16(4,13-2)14-3)7-8(11)15-9(10)12/h5-7H2,1-4H3. The highest BCUT2D eigenvalue weighted by Crippen LogP contribution is 2.51. The predicted octanol–water partition coefficient (Wildman–Crippen LogP) is 1.37. The lowest BCUT2D eigenvalue weighted by Gasteiger charge is -2.37. The fraction of sp³-hybridized carbons (Fsp3) is 0.800. The normalized spacial score (nSPS) is 26.0. The first kappa shape index (κ1) is 13.3. The first-order valence-corrected chi connectivity index (χ1v) is 7.63. The molecule has 0 radical (unpaired) electrons. The Labute approximate surface area is 96.3 Å². The van der Waals surface area contributed by atoms with Crippen LogP contribution in [0.25, 0.3) is 0 Å². The lowest BCUT2D eigenvalue weighted by atomic mass is 10.0. The highest BCUT2D eigenvalue weighted by atomic mass is 28.4. The molecule has 1 aliphatic rings. The highest BCUT2D eigenvalue weighted by molar-refractivity contribution is 6.74. The van der Waals surface area contributed by atoms with Gasteiger partial charge in [0, 0.05) is 14.2 Å². The van der Waals surface area contributed by atoms with Crippen LogP contribution in [0.1, 0.15) is 26.2 Å². The molecule has 0 bridgehead atoms. The molecular formula is C10H18O5Si. The van der Waals surface area contributed by atoms with E-state index >= 15 is 0 Å². The minimum atomic E-state index is -2.74. The van der Waals surface area contributed by atoms with Gasteiger partial charge in [-0.2, -0.15) is 0 Å². The Kier molecular flexibility index (Phi) is 3.87. The second-order valence-electron chi connectivity index (χ2n) is 4.12. The van der Waals surface area contributed by atoms with Crippen LogP contribution in [0.5, 0.6) is 0 Å². The first-order valence-electron chi connectivity index (χ1n) is 5.31. The molecule has 1 unspecified atom stereocenters. The highest BCUT2D eigenvalue weighted by Gasteiger charge is 2.64. The van der Waals surface area contributed by atoms with Gasteiger partial charge in [-0.15, -0.1) is 0 Å². The van der Waals surface area contributed by atoms with E-state index in [1.165, 1.54) is 14.2 Å². The van der Waals surface area contributed by atoms with Crippen LogP contribution in [-0.4, -0.2) is 34.7 Å². The SMILES string of the molecule is CCCC1([Si](C)(OC)OC)CC(=O)OC1=O. The Balaban J connectivity index is 3.15. The van der Waals surface area contributed by atoms with Crippen LogP contribution in [0.3, 0.4) is 0 Å². The fourth-order valence-corrected chi connectivity index (χ4v) is 4.76. The summed E-state index contributed by atoms with van der Waals surface area (Å²) in [5, 5.41) is -0.887. The number of hydrogen-bond donors (Lipinski definition) is 0. The summed E-state index contributed by atoms with van der Waals surface area (Å²) in [5.41, 5.74) is 0. The Morgan fingerprint density at radius 1 is 1.38 bits per heavy atom. The number of cyclic esters (lactones) is 2. The van der Waals surface area contributed by atoms with Crippen molar-refractivity contribution >= 4 is 20.5 Å². The van der Waals surface area contributed by atoms with Crippen LogP contribution in [-0.2, 0) is 23.2 Å².